The molecule has 1 aliphatic heterocycles. The monoisotopic (exact) mass is 468 g/mol. The molecule has 192 valence electrons. The fourth-order valence-corrected chi connectivity index (χ4v) is 4.98. The van der Waals surface area contributed by atoms with Gasteiger partial charge in [-0.05, 0) is 57.3 Å². The Morgan fingerprint density at radius 3 is 1.91 bits per heavy atom. The van der Waals surface area contributed by atoms with Crippen LogP contribution >= 0.6 is 0 Å². The third-order valence-corrected chi connectivity index (χ3v) is 8.12. The Morgan fingerprint density at radius 2 is 1.45 bits per heavy atom. The number of hydrogen-bond donors (Lipinski definition) is 1. The Balaban J connectivity index is 2.29. The lowest BCUT2D eigenvalue weighted by Gasteiger charge is -2.33. The lowest BCUT2D eigenvalue weighted by atomic mass is 9.75. The number of amides is 3. The van der Waals surface area contributed by atoms with Gasteiger partial charge < -0.3 is 14.7 Å². The number of carboxylic acids is 1. The van der Waals surface area contributed by atoms with Crippen LogP contribution in [0.1, 0.15) is 105 Å². The average Bonchev–Trinajstić information content (AvgIpc) is 3.10. The molecule has 3 amide bonds. The summed E-state index contributed by atoms with van der Waals surface area (Å²) in [6.07, 6.45) is 9.92. The number of rotatable bonds is 19. The van der Waals surface area contributed by atoms with E-state index in [1.165, 1.54) is 4.90 Å². The third-order valence-electron chi connectivity index (χ3n) is 8.12. The fraction of sp³-hybridized carbons (Fsp3) is 0.885. The van der Waals surface area contributed by atoms with Crippen LogP contribution in [0.4, 0.5) is 4.79 Å². The van der Waals surface area contributed by atoms with Crippen molar-refractivity contribution in [3.8, 4) is 0 Å². The molecule has 1 rings (SSSR count). The third kappa shape index (κ3) is 8.27. The second-order valence-electron chi connectivity index (χ2n) is 9.62. The van der Waals surface area contributed by atoms with Crippen molar-refractivity contribution in [2.45, 2.75) is 105 Å². The van der Waals surface area contributed by atoms with Gasteiger partial charge in [0, 0.05) is 26.3 Å². The summed E-state index contributed by atoms with van der Waals surface area (Å²) in [6, 6.07) is -0.143. The Kier molecular flexibility index (Phi) is 13.0. The highest BCUT2D eigenvalue weighted by molar-refractivity contribution is 6.01. The second-order valence-corrected chi connectivity index (χ2v) is 9.62. The number of carbonyl (C=O) groups is 3. The normalized spacial score (nSPS) is 15.1. The van der Waals surface area contributed by atoms with E-state index in [0.717, 1.165) is 58.0 Å². The number of ether oxygens (including phenoxy) is 1. The van der Waals surface area contributed by atoms with Crippen molar-refractivity contribution in [1.82, 2.24) is 9.80 Å². The lowest BCUT2D eigenvalue weighted by molar-refractivity contribution is -0.150. The van der Waals surface area contributed by atoms with Crippen molar-refractivity contribution in [3.05, 3.63) is 0 Å². The molecule has 0 aromatic carbocycles. The first-order valence-electron chi connectivity index (χ1n) is 13.1. The summed E-state index contributed by atoms with van der Waals surface area (Å²) < 4.78 is 5.80. The molecule has 1 aliphatic rings. The molecule has 0 atom stereocenters. The predicted molar refractivity (Wildman–Crippen MR) is 131 cm³/mol. The minimum Gasteiger partial charge on any atom is -0.481 e. The number of imide groups is 1. The zero-order chi connectivity index (χ0) is 24.9. The number of nitrogens with zero attached hydrogens (tertiary/aromatic N) is 2. The fourth-order valence-electron chi connectivity index (χ4n) is 4.98. The zero-order valence-corrected chi connectivity index (χ0v) is 21.8. The van der Waals surface area contributed by atoms with Crippen molar-refractivity contribution in [3.63, 3.8) is 0 Å². The van der Waals surface area contributed by atoms with Gasteiger partial charge in [-0.2, -0.15) is 0 Å². The first kappa shape index (κ1) is 29.4. The van der Waals surface area contributed by atoms with Gasteiger partial charge in [0.2, 0.25) is 5.91 Å². The Morgan fingerprint density at radius 1 is 0.879 bits per heavy atom. The molecule has 7 nitrogen and oxygen atoms in total. The first-order chi connectivity index (χ1) is 15.7. The zero-order valence-electron chi connectivity index (χ0n) is 21.8. The minimum absolute atomic E-state index is 0.0742. The quantitative estimate of drug-likeness (QED) is 0.194. The molecule has 1 heterocycles. The Labute approximate surface area is 201 Å². The molecule has 0 saturated carbocycles. The summed E-state index contributed by atoms with van der Waals surface area (Å²) in [5.74, 6) is -0.750. The van der Waals surface area contributed by atoms with Crippen LogP contribution in [0.3, 0.4) is 0 Å². The molecule has 0 aromatic rings. The highest BCUT2D eigenvalue weighted by atomic mass is 16.5. The van der Waals surface area contributed by atoms with Gasteiger partial charge in [-0.1, -0.05) is 53.4 Å². The molecule has 0 aliphatic carbocycles. The van der Waals surface area contributed by atoms with Gasteiger partial charge in [-0.25, -0.2) is 4.79 Å². The molecule has 7 heteroatoms. The van der Waals surface area contributed by atoms with Gasteiger partial charge >= 0.3 is 12.0 Å². The summed E-state index contributed by atoms with van der Waals surface area (Å²) in [5.41, 5.74) is -0.427. The van der Waals surface area contributed by atoms with E-state index in [1.807, 2.05) is 20.8 Å². The van der Waals surface area contributed by atoms with Crippen LogP contribution in [0.2, 0.25) is 0 Å². The highest BCUT2D eigenvalue weighted by Gasteiger charge is 2.37. The van der Waals surface area contributed by atoms with Crippen molar-refractivity contribution < 1.29 is 24.2 Å². The molecule has 33 heavy (non-hydrogen) atoms. The first-order valence-corrected chi connectivity index (χ1v) is 13.1. The smallest absolute Gasteiger partial charge is 0.327 e. The summed E-state index contributed by atoms with van der Waals surface area (Å²) in [5, 5.41) is 9.51. The topological polar surface area (TPSA) is 87.2 Å². The van der Waals surface area contributed by atoms with Crippen LogP contribution in [0.25, 0.3) is 0 Å². The van der Waals surface area contributed by atoms with E-state index in [0.29, 0.717) is 39.0 Å². The van der Waals surface area contributed by atoms with Crippen molar-refractivity contribution in [1.29, 1.82) is 0 Å². The summed E-state index contributed by atoms with van der Waals surface area (Å²) in [4.78, 5) is 39.2. The van der Waals surface area contributed by atoms with E-state index >= 15 is 0 Å². The molecular weight excluding hydrogens is 420 g/mol. The number of unbranched alkanes of at least 4 members (excludes halogenated alkanes) is 2. The van der Waals surface area contributed by atoms with Gasteiger partial charge in [0.25, 0.3) is 0 Å². The Hall–Kier alpha value is -1.63. The van der Waals surface area contributed by atoms with Crippen molar-refractivity contribution in [2.24, 2.45) is 10.8 Å². The van der Waals surface area contributed by atoms with Gasteiger partial charge in [-0.15, -0.1) is 0 Å². The van der Waals surface area contributed by atoms with E-state index in [2.05, 4.69) is 13.8 Å². The number of aliphatic carboxylic acids is 1. The van der Waals surface area contributed by atoms with Gasteiger partial charge in [-0.3, -0.25) is 14.5 Å². The molecule has 1 fully saturated rings. The Bertz CT molecular complexity index is 614. The summed E-state index contributed by atoms with van der Waals surface area (Å²) in [6.45, 7) is 12.9. The molecule has 1 saturated heterocycles. The maximum Gasteiger partial charge on any atom is 0.327 e. The van der Waals surface area contributed by atoms with Crippen LogP contribution in [0.15, 0.2) is 0 Å². The number of hydrogen-bond acceptors (Lipinski definition) is 4. The van der Waals surface area contributed by atoms with E-state index < -0.39 is 11.4 Å². The van der Waals surface area contributed by atoms with Crippen molar-refractivity contribution >= 4 is 17.9 Å². The number of urea groups is 1. The average molecular weight is 469 g/mol. The molecule has 0 bridgehead atoms. The van der Waals surface area contributed by atoms with Gasteiger partial charge in [0.15, 0.2) is 0 Å². The molecule has 0 aromatic heterocycles. The molecule has 0 radical (unpaired) electrons. The maximum absolute atomic E-state index is 12.4. The second kappa shape index (κ2) is 14.6. The van der Waals surface area contributed by atoms with E-state index in [-0.39, 0.29) is 23.9 Å². The SMILES string of the molecule is CCN1CC(=O)N(CCC(CC)(CC)CCCCOCCCCC(CC)(CC)C(=O)O)C1=O. The molecule has 0 unspecified atom stereocenters. The number of carboxylic acid groups (broad SMARTS) is 1. The molecule has 1 N–H and O–H groups in total. The summed E-state index contributed by atoms with van der Waals surface area (Å²) >= 11 is 0. The maximum atomic E-state index is 12.4. The highest BCUT2D eigenvalue weighted by Crippen LogP contribution is 2.37. The van der Waals surface area contributed by atoms with E-state index in [4.69, 9.17) is 4.74 Å². The van der Waals surface area contributed by atoms with Gasteiger partial charge in [0.1, 0.15) is 6.54 Å². The van der Waals surface area contributed by atoms with E-state index in [9.17, 15) is 19.5 Å². The minimum atomic E-state index is -0.676. The summed E-state index contributed by atoms with van der Waals surface area (Å²) in [7, 11) is 0. The number of carbonyl (C=O) groups excluding carboxylic acids is 2. The van der Waals surface area contributed by atoms with Gasteiger partial charge in [0.05, 0.1) is 5.41 Å². The van der Waals surface area contributed by atoms with Crippen LogP contribution in [0.5, 0.6) is 0 Å². The van der Waals surface area contributed by atoms with Crippen LogP contribution < -0.4 is 0 Å². The predicted octanol–water partition coefficient (Wildman–Crippen LogP) is 5.72. The lowest BCUT2D eigenvalue weighted by Crippen LogP contribution is -2.36. The number of likely N-dealkylation sites (N-methyl/N-ethyl adjacent to an activating group) is 1. The van der Waals surface area contributed by atoms with E-state index in [1.54, 1.807) is 4.90 Å². The largest absolute Gasteiger partial charge is 0.481 e. The molecule has 0 spiro atoms. The van der Waals surface area contributed by atoms with Crippen LogP contribution in [0, 0.1) is 10.8 Å². The van der Waals surface area contributed by atoms with Crippen LogP contribution in [-0.2, 0) is 14.3 Å². The van der Waals surface area contributed by atoms with Crippen LogP contribution in [-0.4, -0.2) is 65.7 Å². The van der Waals surface area contributed by atoms with Crippen molar-refractivity contribution in [2.75, 3.05) is 32.8 Å². The standard InChI is InChI=1S/C26H48N2O5/c1-6-25(7-2,17-18-28-22(29)21-27(10-5)24(28)32)15-11-13-19-33-20-14-12-16-26(8-3,9-4)23(30)31/h6-21H2,1-5H3,(H,30,31). The molecular formula is C26H48N2O5.